The molecule has 0 unspecified atom stereocenters. The second-order valence-electron chi connectivity index (χ2n) is 5.37. The summed E-state index contributed by atoms with van der Waals surface area (Å²) in [5.74, 6) is 0.325. The molecule has 118 valence electrons. The molecule has 0 bridgehead atoms. The number of nitrogens with zero attached hydrogens (tertiary/aromatic N) is 2. The van der Waals surface area contributed by atoms with Crippen molar-refractivity contribution < 1.29 is 8.78 Å². The van der Waals surface area contributed by atoms with Gasteiger partial charge in [0, 0.05) is 19.4 Å². The van der Waals surface area contributed by atoms with E-state index in [1.165, 1.54) is 24.3 Å². The van der Waals surface area contributed by atoms with Gasteiger partial charge in [-0.3, -0.25) is 5.32 Å². The standard InChI is InChI=1S/C18H17F2N3/c1-23-11-10-21-17(23)12-22-18(13-2-6-15(19)7-3-13)14-4-8-16(20)9-5-14/h2-11,18,22H,12H2,1H3. The lowest BCUT2D eigenvalue weighted by atomic mass is 9.98. The molecule has 1 N–H and O–H groups in total. The van der Waals surface area contributed by atoms with Gasteiger partial charge >= 0.3 is 0 Å². The van der Waals surface area contributed by atoms with E-state index < -0.39 is 0 Å². The first-order chi connectivity index (χ1) is 11.1. The molecule has 3 rings (SSSR count). The van der Waals surface area contributed by atoms with Crippen LogP contribution < -0.4 is 5.32 Å². The Balaban J connectivity index is 1.88. The van der Waals surface area contributed by atoms with Crippen molar-refractivity contribution >= 4 is 0 Å². The van der Waals surface area contributed by atoms with Crippen molar-refractivity contribution in [2.45, 2.75) is 12.6 Å². The number of benzene rings is 2. The molecular weight excluding hydrogens is 296 g/mol. The zero-order valence-electron chi connectivity index (χ0n) is 12.7. The summed E-state index contributed by atoms with van der Waals surface area (Å²) < 4.78 is 28.3. The van der Waals surface area contributed by atoms with E-state index in [9.17, 15) is 8.78 Å². The Hall–Kier alpha value is -2.53. The van der Waals surface area contributed by atoms with E-state index in [2.05, 4.69) is 10.3 Å². The summed E-state index contributed by atoms with van der Waals surface area (Å²) >= 11 is 0. The van der Waals surface area contributed by atoms with Crippen molar-refractivity contribution in [1.82, 2.24) is 14.9 Å². The van der Waals surface area contributed by atoms with Gasteiger partial charge in [-0.25, -0.2) is 13.8 Å². The predicted octanol–water partition coefficient (Wildman–Crippen LogP) is 3.58. The minimum absolute atomic E-state index is 0.173. The van der Waals surface area contributed by atoms with E-state index in [1.54, 1.807) is 30.5 Å². The summed E-state index contributed by atoms with van der Waals surface area (Å²) in [5.41, 5.74) is 1.82. The molecule has 5 heteroatoms. The monoisotopic (exact) mass is 313 g/mol. The molecule has 0 amide bonds. The highest BCUT2D eigenvalue weighted by atomic mass is 19.1. The Morgan fingerprint density at radius 3 is 1.91 bits per heavy atom. The number of aromatic nitrogens is 2. The van der Waals surface area contributed by atoms with Gasteiger partial charge in [0.05, 0.1) is 12.6 Å². The summed E-state index contributed by atoms with van der Waals surface area (Å²) in [7, 11) is 1.93. The van der Waals surface area contributed by atoms with Crippen LogP contribution in [-0.4, -0.2) is 9.55 Å². The number of rotatable bonds is 5. The van der Waals surface area contributed by atoms with Gasteiger partial charge in [-0.1, -0.05) is 24.3 Å². The minimum atomic E-state index is -0.282. The summed E-state index contributed by atoms with van der Waals surface area (Å²) in [4.78, 5) is 4.28. The average molecular weight is 313 g/mol. The number of hydrogen-bond donors (Lipinski definition) is 1. The van der Waals surface area contributed by atoms with Crippen LogP contribution in [0.15, 0.2) is 60.9 Å². The van der Waals surface area contributed by atoms with Crippen molar-refractivity contribution in [2.24, 2.45) is 7.05 Å². The van der Waals surface area contributed by atoms with Crippen molar-refractivity contribution in [3.8, 4) is 0 Å². The Bertz CT molecular complexity index is 718. The van der Waals surface area contributed by atoms with E-state index >= 15 is 0 Å². The molecule has 1 heterocycles. The van der Waals surface area contributed by atoms with Crippen LogP contribution in [0.5, 0.6) is 0 Å². The first-order valence-corrected chi connectivity index (χ1v) is 7.34. The quantitative estimate of drug-likeness (QED) is 0.780. The highest BCUT2D eigenvalue weighted by Crippen LogP contribution is 2.23. The Morgan fingerprint density at radius 2 is 1.48 bits per heavy atom. The summed E-state index contributed by atoms with van der Waals surface area (Å²) in [6, 6.07) is 12.5. The lowest BCUT2D eigenvalue weighted by Gasteiger charge is -2.20. The molecule has 0 aliphatic rings. The normalized spacial score (nSPS) is 11.1. The molecule has 0 saturated carbocycles. The smallest absolute Gasteiger partial charge is 0.123 e. The highest BCUT2D eigenvalue weighted by molar-refractivity contribution is 5.32. The summed E-state index contributed by atoms with van der Waals surface area (Å²) in [6.45, 7) is 0.545. The largest absolute Gasteiger partial charge is 0.337 e. The lowest BCUT2D eigenvalue weighted by molar-refractivity contribution is 0.569. The molecule has 23 heavy (non-hydrogen) atoms. The second-order valence-corrected chi connectivity index (χ2v) is 5.37. The maximum absolute atomic E-state index is 13.2. The van der Waals surface area contributed by atoms with E-state index in [0.29, 0.717) is 6.54 Å². The fourth-order valence-electron chi connectivity index (χ4n) is 2.50. The van der Waals surface area contributed by atoms with E-state index in [-0.39, 0.29) is 17.7 Å². The molecule has 0 spiro atoms. The second kappa shape index (κ2) is 6.71. The average Bonchev–Trinajstić information content (AvgIpc) is 2.96. The van der Waals surface area contributed by atoms with Gasteiger partial charge in [0.15, 0.2) is 0 Å². The van der Waals surface area contributed by atoms with Gasteiger partial charge < -0.3 is 4.57 Å². The Kier molecular flexibility index (Phi) is 4.48. The van der Waals surface area contributed by atoms with Crippen molar-refractivity contribution in [1.29, 1.82) is 0 Å². The molecule has 0 atom stereocenters. The number of hydrogen-bond acceptors (Lipinski definition) is 2. The van der Waals surface area contributed by atoms with E-state index in [4.69, 9.17) is 0 Å². The number of aryl methyl sites for hydroxylation is 1. The molecule has 3 aromatic rings. The molecule has 0 aliphatic heterocycles. The zero-order chi connectivity index (χ0) is 16.2. The lowest BCUT2D eigenvalue weighted by Crippen LogP contribution is -2.23. The van der Waals surface area contributed by atoms with Crippen LogP contribution in [0.4, 0.5) is 8.78 Å². The molecule has 1 aromatic heterocycles. The van der Waals surface area contributed by atoms with Crippen molar-refractivity contribution in [2.75, 3.05) is 0 Å². The minimum Gasteiger partial charge on any atom is -0.337 e. The van der Waals surface area contributed by atoms with Gasteiger partial charge in [0.25, 0.3) is 0 Å². The van der Waals surface area contributed by atoms with Crippen LogP contribution in [0.1, 0.15) is 23.0 Å². The third-order valence-electron chi connectivity index (χ3n) is 3.79. The van der Waals surface area contributed by atoms with E-state index in [0.717, 1.165) is 17.0 Å². The molecule has 3 nitrogen and oxygen atoms in total. The van der Waals surface area contributed by atoms with Crippen LogP contribution in [0.3, 0.4) is 0 Å². The highest BCUT2D eigenvalue weighted by Gasteiger charge is 2.15. The number of nitrogens with one attached hydrogen (secondary N) is 1. The van der Waals surface area contributed by atoms with Crippen molar-refractivity contribution in [3.05, 3.63) is 89.5 Å². The number of imidazole rings is 1. The third-order valence-corrected chi connectivity index (χ3v) is 3.79. The zero-order valence-corrected chi connectivity index (χ0v) is 12.7. The fourth-order valence-corrected chi connectivity index (χ4v) is 2.50. The van der Waals surface area contributed by atoms with Crippen LogP contribution in [0.2, 0.25) is 0 Å². The van der Waals surface area contributed by atoms with Crippen LogP contribution in [0.25, 0.3) is 0 Å². The van der Waals surface area contributed by atoms with Crippen molar-refractivity contribution in [3.63, 3.8) is 0 Å². The van der Waals surface area contributed by atoms with Crippen LogP contribution in [-0.2, 0) is 13.6 Å². The van der Waals surface area contributed by atoms with Crippen LogP contribution in [0, 0.1) is 11.6 Å². The summed E-state index contributed by atoms with van der Waals surface area (Å²) in [5, 5.41) is 3.41. The summed E-state index contributed by atoms with van der Waals surface area (Å²) in [6.07, 6.45) is 3.61. The topological polar surface area (TPSA) is 29.9 Å². The molecule has 0 radical (unpaired) electrons. The predicted molar refractivity (Wildman–Crippen MR) is 84.7 cm³/mol. The molecular formula is C18H17F2N3. The third kappa shape index (κ3) is 3.63. The van der Waals surface area contributed by atoms with Gasteiger partial charge in [-0.2, -0.15) is 0 Å². The maximum Gasteiger partial charge on any atom is 0.123 e. The Labute approximate surface area is 133 Å². The number of halogens is 2. The molecule has 0 saturated heterocycles. The van der Waals surface area contributed by atoms with Crippen LogP contribution >= 0.6 is 0 Å². The molecule has 0 fully saturated rings. The Morgan fingerprint density at radius 1 is 0.957 bits per heavy atom. The van der Waals surface area contributed by atoms with E-state index in [1.807, 2.05) is 17.8 Å². The van der Waals surface area contributed by atoms with Gasteiger partial charge in [0.1, 0.15) is 17.5 Å². The maximum atomic E-state index is 13.2. The first-order valence-electron chi connectivity index (χ1n) is 7.34. The SMILES string of the molecule is Cn1ccnc1CNC(c1ccc(F)cc1)c1ccc(F)cc1. The fraction of sp³-hybridized carbons (Fsp3) is 0.167. The molecule has 0 aliphatic carbocycles. The first kappa shape index (κ1) is 15.4. The van der Waals surface area contributed by atoms with Gasteiger partial charge in [-0.15, -0.1) is 0 Å². The van der Waals surface area contributed by atoms with Gasteiger partial charge in [0.2, 0.25) is 0 Å². The molecule has 2 aromatic carbocycles. The van der Waals surface area contributed by atoms with Gasteiger partial charge in [-0.05, 0) is 35.4 Å².